The molecule has 0 fully saturated rings. The number of amides is 1. The molecule has 1 rings (SSSR count). The van der Waals surface area contributed by atoms with Gasteiger partial charge in [0.15, 0.2) is 0 Å². The number of rotatable bonds is 4. The molecular formula is C13H19NO. The zero-order chi connectivity index (χ0) is 11.3. The van der Waals surface area contributed by atoms with Crippen LogP contribution >= 0.6 is 0 Å². The summed E-state index contributed by atoms with van der Waals surface area (Å²) in [6, 6.07) is 10.0. The Balaban J connectivity index is 2.88. The standard InChI is InChI=1S/C13H19NO/c1-4-8-12(13(15)14(2)3)11-9-6-5-7-10-11/h5-7,9-10,12H,4,8H2,1-3H3/t12-/m1/s1. The molecule has 0 spiro atoms. The van der Waals surface area contributed by atoms with Crippen molar-refractivity contribution in [3.63, 3.8) is 0 Å². The minimum atomic E-state index is 0.0196. The summed E-state index contributed by atoms with van der Waals surface area (Å²) in [7, 11) is 3.63. The van der Waals surface area contributed by atoms with Crippen molar-refractivity contribution in [2.45, 2.75) is 25.7 Å². The van der Waals surface area contributed by atoms with Crippen molar-refractivity contribution >= 4 is 5.91 Å². The lowest BCUT2D eigenvalue weighted by molar-refractivity contribution is -0.130. The highest BCUT2D eigenvalue weighted by Gasteiger charge is 2.20. The van der Waals surface area contributed by atoms with Gasteiger partial charge in [-0.25, -0.2) is 0 Å². The monoisotopic (exact) mass is 205 g/mol. The van der Waals surface area contributed by atoms with Crippen LogP contribution in [0.15, 0.2) is 30.3 Å². The van der Waals surface area contributed by atoms with Crippen LogP contribution in [-0.2, 0) is 4.79 Å². The number of likely N-dealkylation sites (N-methyl/N-ethyl adjacent to an activating group) is 1. The van der Waals surface area contributed by atoms with Gasteiger partial charge in [0.05, 0.1) is 5.92 Å². The highest BCUT2D eigenvalue weighted by molar-refractivity contribution is 5.83. The van der Waals surface area contributed by atoms with Crippen LogP contribution in [-0.4, -0.2) is 24.9 Å². The number of carbonyl (C=O) groups is 1. The van der Waals surface area contributed by atoms with E-state index in [1.807, 2.05) is 44.4 Å². The van der Waals surface area contributed by atoms with Gasteiger partial charge in [0.25, 0.3) is 0 Å². The van der Waals surface area contributed by atoms with E-state index >= 15 is 0 Å². The number of carbonyl (C=O) groups excluding carboxylic acids is 1. The normalized spacial score (nSPS) is 12.2. The fraction of sp³-hybridized carbons (Fsp3) is 0.462. The Morgan fingerprint density at radius 1 is 1.27 bits per heavy atom. The summed E-state index contributed by atoms with van der Waals surface area (Å²) < 4.78 is 0. The summed E-state index contributed by atoms with van der Waals surface area (Å²) >= 11 is 0. The minimum Gasteiger partial charge on any atom is -0.348 e. The lowest BCUT2D eigenvalue weighted by atomic mass is 9.93. The van der Waals surface area contributed by atoms with Gasteiger partial charge in [-0.2, -0.15) is 0 Å². The molecule has 15 heavy (non-hydrogen) atoms. The fourth-order valence-electron chi connectivity index (χ4n) is 1.72. The summed E-state index contributed by atoms with van der Waals surface area (Å²) in [6.07, 6.45) is 1.94. The van der Waals surface area contributed by atoms with Gasteiger partial charge in [-0.05, 0) is 12.0 Å². The first-order valence-corrected chi connectivity index (χ1v) is 5.43. The Morgan fingerprint density at radius 2 is 1.87 bits per heavy atom. The molecule has 2 heteroatoms. The smallest absolute Gasteiger partial charge is 0.229 e. The average Bonchev–Trinajstić information content (AvgIpc) is 2.26. The Morgan fingerprint density at radius 3 is 2.33 bits per heavy atom. The van der Waals surface area contributed by atoms with Gasteiger partial charge < -0.3 is 4.90 Å². The maximum atomic E-state index is 12.0. The zero-order valence-electron chi connectivity index (χ0n) is 9.73. The molecule has 2 nitrogen and oxygen atoms in total. The van der Waals surface area contributed by atoms with Crippen LogP contribution in [0.4, 0.5) is 0 Å². The summed E-state index contributed by atoms with van der Waals surface area (Å²) in [5, 5.41) is 0. The molecule has 82 valence electrons. The van der Waals surface area contributed by atoms with Gasteiger partial charge in [0.1, 0.15) is 0 Å². The third-order valence-electron chi connectivity index (χ3n) is 2.52. The molecule has 0 unspecified atom stereocenters. The molecule has 0 N–H and O–H groups in total. The van der Waals surface area contributed by atoms with E-state index in [-0.39, 0.29) is 11.8 Å². The van der Waals surface area contributed by atoms with E-state index in [1.165, 1.54) is 0 Å². The summed E-state index contributed by atoms with van der Waals surface area (Å²) in [5.74, 6) is 0.217. The third kappa shape index (κ3) is 3.08. The maximum absolute atomic E-state index is 12.0. The van der Waals surface area contributed by atoms with Gasteiger partial charge in [0.2, 0.25) is 5.91 Å². The number of hydrogen-bond acceptors (Lipinski definition) is 1. The van der Waals surface area contributed by atoms with Gasteiger partial charge in [-0.3, -0.25) is 4.79 Å². The van der Waals surface area contributed by atoms with Crippen molar-refractivity contribution in [3.8, 4) is 0 Å². The third-order valence-corrected chi connectivity index (χ3v) is 2.52. The fourth-order valence-corrected chi connectivity index (χ4v) is 1.72. The van der Waals surface area contributed by atoms with Crippen LogP contribution in [0.3, 0.4) is 0 Å². The topological polar surface area (TPSA) is 20.3 Å². The van der Waals surface area contributed by atoms with Crippen LogP contribution in [0.1, 0.15) is 31.2 Å². The molecule has 0 saturated heterocycles. The first kappa shape index (κ1) is 11.8. The average molecular weight is 205 g/mol. The second-order valence-corrected chi connectivity index (χ2v) is 3.98. The molecule has 0 aromatic heterocycles. The molecule has 0 bridgehead atoms. The van der Waals surface area contributed by atoms with Gasteiger partial charge >= 0.3 is 0 Å². The Hall–Kier alpha value is -1.31. The molecule has 1 atom stereocenters. The largest absolute Gasteiger partial charge is 0.348 e. The Labute approximate surface area is 91.9 Å². The molecule has 0 aliphatic heterocycles. The van der Waals surface area contributed by atoms with Crippen molar-refractivity contribution in [2.24, 2.45) is 0 Å². The maximum Gasteiger partial charge on any atom is 0.229 e. The van der Waals surface area contributed by atoms with Crippen LogP contribution < -0.4 is 0 Å². The SMILES string of the molecule is CCC[C@@H](C(=O)N(C)C)c1ccccc1. The second kappa shape index (κ2) is 5.54. The van der Waals surface area contributed by atoms with E-state index in [1.54, 1.807) is 4.90 Å². The molecule has 0 heterocycles. The van der Waals surface area contributed by atoms with Crippen LogP contribution in [0.2, 0.25) is 0 Å². The number of nitrogens with zero attached hydrogens (tertiary/aromatic N) is 1. The lowest BCUT2D eigenvalue weighted by Crippen LogP contribution is -2.28. The summed E-state index contributed by atoms with van der Waals surface area (Å²) in [6.45, 7) is 2.11. The predicted molar refractivity (Wildman–Crippen MR) is 62.8 cm³/mol. The van der Waals surface area contributed by atoms with E-state index in [0.717, 1.165) is 18.4 Å². The zero-order valence-corrected chi connectivity index (χ0v) is 9.73. The summed E-state index contributed by atoms with van der Waals surface area (Å²) in [4.78, 5) is 13.6. The van der Waals surface area contributed by atoms with E-state index < -0.39 is 0 Å². The Kier molecular flexibility index (Phi) is 4.35. The van der Waals surface area contributed by atoms with Crippen molar-refractivity contribution in [3.05, 3.63) is 35.9 Å². The summed E-state index contributed by atoms with van der Waals surface area (Å²) in [5.41, 5.74) is 1.12. The quantitative estimate of drug-likeness (QED) is 0.740. The van der Waals surface area contributed by atoms with Gasteiger partial charge in [-0.1, -0.05) is 43.7 Å². The van der Waals surface area contributed by atoms with E-state index in [0.29, 0.717) is 0 Å². The highest BCUT2D eigenvalue weighted by Crippen LogP contribution is 2.22. The van der Waals surface area contributed by atoms with E-state index in [9.17, 15) is 4.79 Å². The van der Waals surface area contributed by atoms with Crippen molar-refractivity contribution in [2.75, 3.05) is 14.1 Å². The molecule has 0 saturated carbocycles. The first-order chi connectivity index (χ1) is 7.16. The molecule has 0 aliphatic carbocycles. The molecular weight excluding hydrogens is 186 g/mol. The van der Waals surface area contributed by atoms with Crippen molar-refractivity contribution < 1.29 is 4.79 Å². The minimum absolute atomic E-state index is 0.0196. The van der Waals surface area contributed by atoms with Gasteiger partial charge in [0, 0.05) is 14.1 Å². The molecule has 1 aromatic rings. The van der Waals surface area contributed by atoms with E-state index in [2.05, 4.69) is 6.92 Å². The molecule has 0 aliphatic rings. The molecule has 1 amide bonds. The second-order valence-electron chi connectivity index (χ2n) is 3.98. The van der Waals surface area contributed by atoms with Crippen LogP contribution in [0, 0.1) is 0 Å². The number of benzene rings is 1. The van der Waals surface area contributed by atoms with Crippen LogP contribution in [0.5, 0.6) is 0 Å². The van der Waals surface area contributed by atoms with Crippen molar-refractivity contribution in [1.29, 1.82) is 0 Å². The van der Waals surface area contributed by atoms with Crippen molar-refractivity contribution in [1.82, 2.24) is 4.90 Å². The van der Waals surface area contributed by atoms with Gasteiger partial charge in [-0.15, -0.1) is 0 Å². The molecule has 0 radical (unpaired) electrons. The highest BCUT2D eigenvalue weighted by atomic mass is 16.2. The van der Waals surface area contributed by atoms with Crippen LogP contribution in [0.25, 0.3) is 0 Å². The van der Waals surface area contributed by atoms with E-state index in [4.69, 9.17) is 0 Å². The molecule has 1 aromatic carbocycles. The predicted octanol–water partition coefficient (Wildman–Crippen LogP) is 2.66. The lowest BCUT2D eigenvalue weighted by Gasteiger charge is -2.20. The Bertz CT molecular complexity index is 306. The number of hydrogen-bond donors (Lipinski definition) is 0. The first-order valence-electron chi connectivity index (χ1n) is 5.43.